The quantitative estimate of drug-likeness (QED) is 0.684. The third kappa shape index (κ3) is 2.79. The van der Waals surface area contributed by atoms with Crippen LogP contribution in [0.4, 0.5) is 4.79 Å². The topological polar surface area (TPSA) is 32.8 Å². The zero-order chi connectivity index (χ0) is 16.6. The molecule has 4 rings (SSSR count). The molecule has 24 heavy (non-hydrogen) atoms. The number of rotatable bonds is 1. The van der Waals surface area contributed by atoms with Gasteiger partial charge in [0.15, 0.2) is 0 Å². The second-order valence-corrected chi connectivity index (χ2v) is 7.96. The molecule has 0 aromatic heterocycles. The SMILES string of the molecule is CN1C(=O)OC2(CCN(C3CCCCCC3)CC2)C2=CC=CCC21. The third-order valence-corrected chi connectivity index (χ3v) is 6.64. The summed E-state index contributed by atoms with van der Waals surface area (Å²) >= 11 is 0. The molecule has 3 fully saturated rings. The Hall–Kier alpha value is -1.29. The molecule has 0 aromatic carbocycles. The number of piperidine rings is 1. The van der Waals surface area contributed by atoms with Crippen LogP contribution in [0.25, 0.3) is 0 Å². The van der Waals surface area contributed by atoms with E-state index in [0.29, 0.717) is 0 Å². The van der Waals surface area contributed by atoms with E-state index in [4.69, 9.17) is 4.74 Å². The largest absolute Gasteiger partial charge is 0.438 e. The molecule has 2 aliphatic heterocycles. The lowest BCUT2D eigenvalue weighted by molar-refractivity contribution is -0.0608. The zero-order valence-electron chi connectivity index (χ0n) is 14.9. The molecule has 1 amide bonds. The Bertz CT molecular complexity index is 538. The highest BCUT2D eigenvalue weighted by Crippen LogP contribution is 2.43. The number of likely N-dealkylation sites (tertiary alicyclic amines) is 1. The minimum absolute atomic E-state index is 0.143. The second kappa shape index (κ2) is 6.55. The Morgan fingerprint density at radius 1 is 1.12 bits per heavy atom. The van der Waals surface area contributed by atoms with Crippen LogP contribution in [0.15, 0.2) is 23.8 Å². The highest BCUT2D eigenvalue weighted by Gasteiger charge is 2.50. The number of fused-ring (bicyclic) bond motifs is 2. The number of allylic oxidation sites excluding steroid dienone is 2. The molecule has 4 nitrogen and oxygen atoms in total. The van der Waals surface area contributed by atoms with E-state index < -0.39 is 0 Å². The third-order valence-electron chi connectivity index (χ3n) is 6.64. The monoisotopic (exact) mass is 330 g/mol. The summed E-state index contributed by atoms with van der Waals surface area (Å²) in [6.07, 6.45) is 17.5. The number of ether oxygens (including phenoxy) is 1. The smallest absolute Gasteiger partial charge is 0.410 e. The van der Waals surface area contributed by atoms with Crippen LogP contribution >= 0.6 is 0 Å². The molecule has 1 unspecified atom stereocenters. The number of carbonyl (C=O) groups is 1. The summed E-state index contributed by atoms with van der Waals surface area (Å²) < 4.78 is 6.02. The molecule has 2 saturated heterocycles. The Morgan fingerprint density at radius 2 is 1.83 bits per heavy atom. The molecule has 1 spiro atoms. The van der Waals surface area contributed by atoms with Gasteiger partial charge >= 0.3 is 6.09 Å². The van der Waals surface area contributed by atoms with E-state index in [0.717, 1.165) is 38.4 Å². The van der Waals surface area contributed by atoms with Crippen molar-refractivity contribution in [3.63, 3.8) is 0 Å². The first-order valence-electron chi connectivity index (χ1n) is 9.77. The molecule has 0 aromatic rings. The predicted molar refractivity (Wildman–Crippen MR) is 94.9 cm³/mol. The van der Waals surface area contributed by atoms with Crippen LogP contribution in [-0.2, 0) is 4.74 Å². The fourth-order valence-electron chi connectivity index (χ4n) is 5.13. The predicted octanol–water partition coefficient (Wildman–Crippen LogP) is 3.88. The van der Waals surface area contributed by atoms with Crippen LogP contribution in [0.5, 0.6) is 0 Å². The van der Waals surface area contributed by atoms with Gasteiger partial charge in [-0.05, 0) is 24.8 Å². The summed E-state index contributed by atoms with van der Waals surface area (Å²) in [6.45, 7) is 2.13. The van der Waals surface area contributed by atoms with Gasteiger partial charge in [0, 0.05) is 39.0 Å². The number of amides is 1. The van der Waals surface area contributed by atoms with Crippen molar-refractivity contribution < 1.29 is 9.53 Å². The van der Waals surface area contributed by atoms with Gasteiger partial charge < -0.3 is 14.5 Å². The normalized spacial score (nSPS) is 31.4. The number of hydrogen-bond acceptors (Lipinski definition) is 3. The number of nitrogens with zero attached hydrogens (tertiary/aromatic N) is 2. The maximum absolute atomic E-state index is 12.4. The summed E-state index contributed by atoms with van der Waals surface area (Å²) in [7, 11) is 1.87. The molecule has 0 N–H and O–H groups in total. The molecular weight excluding hydrogens is 300 g/mol. The lowest BCUT2D eigenvalue weighted by Crippen LogP contribution is -2.60. The molecule has 1 atom stereocenters. The van der Waals surface area contributed by atoms with Gasteiger partial charge in [0.05, 0.1) is 6.04 Å². The fraction of sp³-hybridized carbons (Fsp3) is 0.750. The Kier molecular flexibility index (Phi) is 4.42. The first-order chi connectivity index (χ1) is 11.7. The van der Waals surface area contributed by atoms with Gasteiger partial charge in [-0.25, -0.2) is 4.79 Å². The van der Waals surface area contributed by atoms with Gasteiger partial charge in [-0.2, -0.15) is 0 Å². The van der Waals surface area contributed by atoms with Crippen LogP contribution in [0.1, 0.15) is 57.8 Å². The summed E-state index contributed by atoms with van der Waals surface area (Å²) in [4.78, 5) is 16.8. The van der Waals surface area contributed by atoms with Crippen molar-refractivity contribution in [2.45, 2.75) is 75.5 Å². The van der Waals surface area contributed by atoms with Crippen LogP contribution in [0.3, 0.4) is 0 Å². The van der Waals surface area contributed by atoms with E-state index in [1.807, 2.05) is 7.05 Å². The highest BCUT2D eigenvalue weighted by molar-refractivity contribution is 5.72. The van der Waals surface area contributed by atoms with Gasteiger partial charge in [-0.1, -0.05) is 43.9 Å². The van der Waals surface area contributed by atoms with Crippen molar-refractivity contribution in [2.75, 3.05) is 20.1 Å². The number of likely N-dealkylation sites (N-methyl/N-ethyl adjacent to an activating group) is 1. The molecule has 4 aliphatic rings. The minimum Gasteiger partial charge on any atom is -0.438 e. The summed E-state index contributed by atoms with van der Waals surface area (Å²) in [5, 5.41) is 0. The van der Waals surface area contributed by atoms with Gasteiger partial charge in [0.1, 0.15) is 5.60 Å². The van der Waals surface area contributed by atoms with Gasteiger partial charge in [-0.15, -0.1) is 0 Å². The van der Waals surface area contributed by atoms with Crippen LogP contribution in [0, 0.1) is 0 Å². The standard InChI is InChI=1S/C20H30N2O2/c1-21-18-11-7-6-10-17(18)20(24-19(21)23)12-14-22(15-13-20)16-8-4-2-3-5-9-16/h6-7,10,16,18H,2-5,8-9,11-15H2,1H3. The van der Waals surface area contributed by atoms with Gasteiger partial charge in [-0.3, -0.25) is 0 Å². The molecule has 4 heteroatoms. The van der Waals surface area contributed by atoms with Crippen LogP contribution < -0.4 is 0 Å². The molecule has 0 bridgehead atoms. The van der Waals surface area contributed by atoms with Crippen molar-refractivity contribution in [3.8, 4) is 0 Å². The molecule has 2 aliphatic carbocycles. The van der Waals surface area contributed by atoms with E-state index in [-0.39, 0.29) is 17.7 Å². The Labute approximate surface area is 145 Å². The van der Waals surface area contributed by atoms with E-state index >= 15 is 0 Å². The summed E-state index contributed by atoms with van der Waals surface area (Å²) in [6, 6.07) is 0.948. The zero-order valence-corrected chi connectivity index (χ0v) is 14.9. The van der Waals surface area contributed by atoms with Crippen molar-refractivity contribution in [3.05, 3.63) is 23.8 Å². The van der Waals surface area contributed by atoms with Crippen molar-refractivity contribution in [1.82, 2.24) is 9.80 Å². The highest BCUT2D eigenvalue weighted by atomic mass is 16.6. The van der Waals surface area contributed by atoms with E-state index in [9.17, 15) is 4.79 Å². The lowest BCUT2D eigenvalue weighted by atomic mass is 9.76. The van der Waals surface area contributed by atoms with Crippen LogP contribution in [0.2, 0.25) is 0 Å². The van der Waals surface area contributed by atoms with Crippen molar-refractivity contribution >= 4 is 6.09 Å². The molecule has 132 valence electrons. The first-order valence-corrected chi connectivity index (χ1v) is 9.77. The fourth-order valence-corrected chi connectivity index (χ4v) is 5.13. The lowest BCUT2D eigenvalue weighted by Gasteiger charge is -2.51. The summed E-state index contributed by atoms with van der Waals surface area (Å²) in [5.74, 6) is 0. The average molecular weight is 330 g/mol. The van der Waals surface area contributed by atoms with Gasteiger partial charge in [0.25, 0.3) is 0 Å². The number of carbonyl (C=O) groups excluding carboxylic acids is 1. The first kappa shape index (κ1) is 16.2. The van der Waals surface area contributed by atoms with E-state index in [2.05, 4.69) is 23.1 Å². The maximum atomic E-state index is 12.4. The summed E-state index contributed by atoms with van der Waals surface area (Å²) in [5.41, 5.74) is 0.980. The molecular formula is C20H30N2O2. The Balaban J connectivity index is 1.49. The molecule has 1 saturated carbocycles. The van der Waals surface area contributed by atoms with Crippen LogP contribution in [-0.4, -0.2) is 53.7 Å². The molecule has 2 heterocycles. The van der Waals surface area contributed by atoms with E-state index in [1.165, 1.54) is 44.1 Å². The number of hydrogen-bond donors (Lipinski definition) is 0. The van der Waals surface area contributed by atoms with E-state index in [1.54, 1.807) is 4.90 Å². The maximum Gasteiger partial charge on any atom is 0.410 e. The Morgan fingerprint density at radius 3 is 2.54 bits per heavy atom. The van der Waals surface area contributed by atoms with Crippen molar-refractivity contribution in [2.24, 2.45) is 0 Å². The van der Waals surface area contributed by atoms with Gasteiger partial charge in [0.2, 0.25) is 0 Å². The minimum atomic E-state index is -0.347. The second-order valence-electron chi connectivity index (χ2n) is 7.96. The average Bonchev–Trinajstić information content (AvgIpc) is 2.90. The molecule has 0 radical (unpaired) electrons. The van der Waals surface area contributed by atoms with Crippen molar-refractivity contribution in [1.29, 1.82) is 0 Å².